The molecule has 0 bridgehead atoms. The molecule has 138 valence electrons. The van der Waals surface area contributed by atoms with Gasteiger partial charge in [-0.05, 0) is 31.5 Å². The molecule has 0 saturated heterocycles. The maximum absolute atomic E-state index is 10.0. The molecule has 0 aliphatic carbocycles. The second-order valence-corrected chi connectivity index (χ2v) is 7.41. The van der Waals surface area contributed by atoms with Gasteiger partial charge in [0.1, 0.15) is 6.04 Å². The van der Waals surface area contributed by atoms with Crippen LogP contribution in [-0.4, -0.2) is 26.9 Å². The van der Waals surface area contributed by atoms with E-state index in [-0.39, 0.29) is 6.42 Å². The highest BCUT2D eigenvalue weighted by atomic mass is 35.5. The summed E-state index contributed by atoms with van der Waals surface area (Å²) in [6.07, 6.45) is -0.0142. The van der Waals surface area contributed by atoms with E-state index in [9.17, 15) is 10.2 Å². The fourth-order valence-corrected chi connectivity index (χ4v) is 3.60. The molecule has 2 heterocycles. The zero-order chi connectivity index (χ0) is 19.2. The molecule has 0 radical (unpaired) electrons. The summed E-state index contributed by atoms with van der Waals surface area (Å²) in [6.45, 7) is 3.21. The van der Waals surface area contributed by atoms with Crippen molar-refractivity contribution in [3.05, 3.63) is 76.1 Å². The number of hydrogen-bond donors (Lipinski definition) is 2. The molecule has 0 amide bonds. The van der Waals surface area contributed by atoms with Crippen LogP contribution in [0.2, 0.25) is 5.02 Å². The highest BCUT2D eigenvalue weighted by Gasteiger charge is 2.33. The van der Waals surface area contributed by atoms with Gasteiger partial charge in [0.05, 0.1) is 17.0 Å². The van der Waals surface area contributed by atoms with Gasteiger partial charge in [-0.1, -0.05) is 53.2 Å². The Morgan fingerprint density at radius 2 is 1.74 bits per heavy atom. The SMILES string of the molecule is Cc1noc2c1-c1ccccc1C(c1ccc(Cl)cc1)=N[C@H]2CC(C)(O)O. The van der Waals surface area contributed by atoms with Crippen molar-refractivity contribution >= 4 is 17.3 Å². The molecule has 6 heteroatoms. The van der Waals surface area contributed by atoms with Gasteiger partial charge in [-0.25, -0.2) is 0 Å². The van der Waals surface area contributed by atoms with Crippen LogP contribution >= 0.6 is 11.6 Å². The molecule has 1 aliphatic heterocycles. The minimum absolute atomic E-state index is 0.0142. The molecule has 0 fully saturated rings. The fraction of sp³-hybridized carbons (Fsp3) is 0.238. The highest BCUT2D eigenvalue weighted by Crippen LogP contribution is 2.41. The number of halogens is 1. The van der Waals surface area contributed by atoms with Gasteiger partial charge in [-0.2, -0.15) is 0 Å². The van der Waals surface area contributed by atoms with E-state index in [2.05, 4.69) is 5.16 Å². The first-order chi connectivity index (χ1) is 12.8. The normalized spacial score (nSPS) is 16.3. The number of aliphatic hydroxyl groups is 2. The lowest BCUT2D eigenvalue weighted by molar-refractivity contribution is -0.153. The third-order valence-electron chi connectivity index (χ3n) is 4.63. The number of benzene rings is 2. The van der Waals surface area contributed by atoms with Gasteiger partial charge >= 0.3 is 0 Å². The second kappa shape index (κ2) is 6.60. The van der Waals surface area contributed by atoms with E-state index in [4.69, 9.17) is 21.1 Å². The van der Waals surface area contributed by atoms with Gasteiger partial charge in [-0.15, -0.1) is 0 Å². The number of nitrogens with zero attached hydrogens (tertiary/aromatic N) is 2. The van der Waals surface area contributed by atoms with E-state index in [1.165, 1.54) is 6.92 Å². The van der Waals surface area contributed by atoms with Crippen molar-refractivity contribution in [2.75, 3.05) is 0 Å². The molecule has 27 heavy (non-hydrogen) atoms. The van der Waals surface area contributed by atoms with E-state index in [1.54, 1.807) is 0 Å². The van der Waals surface area contributed by atoms with E-state index < -0.39 is 11.8 Å². The van der Waals surface area contributed by atoms with Crippen molar-refractivity contribution in [3.8, 4) is 11.1 Å². The van der Waals surface area contributed by atoms with Crippen LogP contribution in [0.15, 0.2) is 58.0 Å². The van der Waals surface area contributed by atoms with Gasteiger partial charge in [0.25, 0.3) is 0 Å². The molecule has 3 aromatic rings. The molecular formula is C21H19ClN2O3. The maximum atomic E-state index is 10.0. The molecule has 2 aromatic carbocycles. The van der Waals surface area contributed by atoms with Crippen molar-refractivity contribution in [1.29, 1.82) is 0 Å². The molecule has 5 nitrogen and oxygen atoms in total. The third-order valence-corrected chi connectivity index (χ3v) is 4.88. The van der Waals surface area contributed by atoms with Crippen LogP contribution in [-0.2, 0) is 0 Å². The Balaban J connectivity index is 1.98. The Morgan fingerprint density at radius 3 is 2.41 bits per heavy atom. The molecule has 4 rings (SSSR count). The first-order valence-corrected chi connectivity index (χ1v) is 9.06. The number of aromatic nitrogens is 1. The summed E-state index contributed by atoms with van der Waals surface area (Å²) < 4.78 is 5.59. The quantitative estimate of drug-likeness (QED) is 0.662. The van der Waals surface area contributed by atoms with Crippen LogP contribution in [0.5, 0.6) is 0 Å². The molecule has 0 saturated carbocycles. The summed E-state index contributed by atoms with van der Waals surface area (Å²) in [6, 6.07) is 14.8. The molecule has 1 atom stereocenters. The van der Waals surface area contributed by atoms with Crippen molar-refractivity contribution < 1.29 is 14.7 Å². The minimum Gasteiger partial charge on any atom is -0.366 e. The highest BCUT2D eigenvalue weighted by molar-refractivity contribution is 6.30. The van der Waals surface area contributed by atoms with E-state index in [0.717, 1.165) is 33.7 Å². The van der Waals surface area contributed by atoms with Crippen molar-refractivity contribution in [1.82, 2.24) is 5.16 Å². The van der Waals surface area contributed by atoms with E-state index >= 15 is 0 Å². The van der Waals surface area contributed by atoms with Gasteiger partial charge in [0, 0.05) is 22.6 Å². The van der Waals surface area contributed by atoms with Crippen LogP contribution in [0.25, 0.3) is 11.1 Å². The predicted octanol–water partition coefficient (Wildman–Crippen LogP) is 4.29. The van der Waals surface area contributed by atoms with Crippen LogP contribution in [0.1, 0.15) is 42.0 Å². The largest absolute Gasteiger partial charge is 0.366 e. The van der Waals surface area contributed by atoms with Gasteiger partial charge in [-0.3, -0.25) is 4.99 Å². The molecule has 0 unspecified atom stereocenters. The summed E-state index contributed by atoms with van der Waals surface area (Å²) in [7, 11) is 0. The summed E-state index contributed by atoms with van der Waals surface area (Å²) in [5.74, 6) is -1.36. The summed E-state index contributed by atoms with van der Waals surface area (Å²) >= 11 is 6.05. The standard InChI is InChI=1S/C21H19ClN2O3/c1-12-18-15-5-3-4-6-16(15)19(13-7-9-14(22)10-8-13)23-17(11-21(2,25)26)20(18)27-24-12/h3-10,17,25-26H,11H2,1-2H3/t17-/m0/s1. The third kappa shape index (κ3) is 3.41. The lowest BCUT2D eigenvalue weighted by atomic mass is 9.92. The smallest absolute Gasteiger partial charge is 0.169 e. The van der Waals surface area contributed by atoms with E-state index in [1.807, 2.05) is 55.5 Å². The topological polar surface area (TPSA) is 78.9 Å². The fourth-order valence-electron chi connectivity index (χ4n) is 3.48. The molecule has 1 aliphatic rings. The first-order valence-electron chi connectivity index (χ1n) is 8.68. The zero-order valence-corrected chi connectivity index (χ0v) is 15.7. The average molecular weight is 383 g/mol. The maximum Gasteiger partial charge on any atom is 0.169 e. The Morgan fingerprint density at radius 1 is 1.07 bits per heavy atom. The Hall–Kier alpha value is -2.47. The number of fused-ring (bicyclic) bond motifs is 3. The molecule has 2 N–H and O–H groups in total. The number of aryl methyl sites for hydroxylation is 1. The van der Waals surface area contributed by atoms with Crippen LogP contribution in [0.3, 0.4) is 0 Å². The lowest BCUT2D eigenvalue weighted by Gasteiger charge is -2.20. The first kappa shape index (κ1) is 17.9. The minimum atomic E-state index is -1.90. The van der Waals surface area contributed by atoms with Crippen LogP contribution < -0.4 is 0 Å². The summed E-state index contributed by atoms with van der Waals surface area (Å²) in [5, 5.41) is 24.8. The lowest BCUT2D eigenvalue weighted by Crippen LogP contribution is -2.25. The van der Waals surface area contributed by atoms with Crippen molar-refractivity contribution in [2.45, 2.75) is 32.1 Å². The van der Waals surface area contributed by atoms with Gasteiger partial charge in [0.15, 0.2) is 11.5 Å². The molecular weight excluding hydrogens is 364 g/mol. The summed E-state index contributed by atoms with van der Waals surface area (Å²) in [4.78, 5) is 4.88. The number of rotatable bonds is 3. The van der Waals surface area contributed by atoms with Crippen molar-refractivity contribution in [2.24, 2.45) is 4.99 Å². The second-order valence-electron chi connectivity index (χ2n) is 6.97. The van der Waals surface area contributed by atoms with Crippen LogP contribution in [0.4, 0.5) is 0 Å². The zero-order valence-electron chi connectivity index (χ0n) is 15.0. The van der Waals surface area contributed by atoms with Crippen molar-refractivity contribution in [3.63, 3.8) is 0 Å². The van der Waals surface area contributed by atoms with E-state index in [0.29, 0.717) is 10.8 Å². The molecule has 1 aromatic heterocycles. The molecule has 0 spiro atoms. The summed E-state index contributed by atoms with van der Waals surface area (Å²) in [5.41, 5.74) is 5.14. The monoisotopic (exact) mass is 382 g/mol. The Bertz CT molecular complexity index is 1020. The number of hydrogen-bond acceptors (Lipinski definition) is 5. The predicted molar refractivity (Wildman–Crippen MR) is 104 cm³/mol. The number of aliphatic imine (C=N–C) groups is 1. The van der Waals surface area contributed by atoms with Gasteiger partial charge < -0.3 is 14.7 Å². The Labute approximate surface area is 161 Å². The van der Waals surface area contributed by atoms with Gasteiger partial charge in [0.2, 0.25) is 0 Å². The van der Waals surface area contributed by atoms with Crippen LogP contribution in [0, 0.1) is 6.92 Å². The average Bonchev–Trinajstić information content (AvgIpc) is 2.94. The Kier molecular flexibility index (Phi) is 4.38.